The first-order chi connectivity index (χ1) is 8.19. The van der Waals surface area contributed by atoms with Crippen molar-refractivity contribution < 1.29 is 14.3 Å². The van der Waals surface area contributed by atoms with E-state index in [2.05, 4.69) is 0 Å². The summed E-state index contributed by atoms with van der Waals surface area (Å²) in [5.41, 5.74) is 1.84. The van der Waals surface area contributed by atoms with Crippen LogP contribution in [-0.2, 0) is 11.2 Å². The summed E-state index contributed by atoms with van der Waals surface area (Å²) in [6, 6.07) is 5.59. The highest BCUT2D eigenvalue weighted by molar-refractivity contribution is 5.94. The molecule has 0 fully saturated rings. The number of hydrogen-bond acceptors (Lipinski definition) is 3. The number of methoxy groups -OCH3 is 2. The number of aryl methyl sites for hydroxylation is 1. The Balaban J connectivity index is 2.72. The van der Waals surface area contributed by atoms with Gasteiger partial charge < -0.3 is 9.47 Å². The first kappa shape index (κ1) is 13.7. The van der Waals surface area contributed by atoms with E-state index in [9.17, 15) is 4.79 Å². The number of carbonyl (C=O) groups excluding carboxylic acids is 1. The van der Waals surface area contributed by atoms with Gasteiger partial charge in [-0.3, -0.25) is 4.79 Å². The number of ketones is 1. The molecule has 0 aliphatic carbocycles. The quantitative estimate of drug-likeness (QED) is 0.539. The van der Waals surface area contributed by atoms with Crippen LogP contribution in [0.2, 0.25) is 0 Å². The Morgan fingerprint density at radius 3 is 2.59 bits per heavy atom. The van der Waals surface area contributed by atoms with Crippen LogP contribution in [0.1, 0.15) is 35.7 Å². The Bertz CT molecular complexity index is 372. The molecular formula is C14H20O3. The predicted molar refractivity (Wildman–Crippen MR) is 67.8 cm³/mol. The van der Waals surface area contributed by atoms with E-state index in [1.807, 2.05) is 12.1 Å². The zero-order chi connectivity index (χ0) is 12.7. The van der Waals surface area contributed by atoms with Crippen molar-refractivity contribution in [1.29, 1.82) is 0 Å². The van der Waals surface area contributed by atoms with Gasteiger partial charge in [0, 0.05) is 19.3 Å². The van der Waals surface area contributed by atoms with E-state index in [-0.39, 0.29) is 5.78 Å². The maximum absolute atomic E-state index is 11.3. The van der Waals surface area contributed by atoms with E-state index < -0.39 is 0 Å². The van der Waals surface area contributed by atoms with E-state index in [1.165, 1.54) is 0 Å². The second kappa shape index (κ2) is 7.07. The molecule has 3 heteroatoms. The molecule has 94 valence electrons. The second-order valence-corrected chi connectivity index (χ2v) is 4.03. The smallest absolute Gasteiger partial charge is 0.159 e. The molecule has 1 rings (SSSR count). The van der Waals surface area contributed by atoms with E-state index in [4.69, 9.17) is 9.47 Å². The van der Waals surface area contributed by atoms with E-state index in [1.54, 1.807) is 27.2 Å². The number of unbranched alkanes of at least 4 members (excludes halogenated alkanes) is 1. The first-order valence-corrected chi connectivity index (χ1v) is 5.86. The fourth-order valence-corrected chi connectivity index (χ4v) is 1.75. The fraction of sp³-hybridized carbons (Fsp3) is 0.500. The lowest BCUT2D eigenvalue weighted by Crippen LogP contribution is -1.99. The van der Waals surface area contributed by atoms with Gasteiger partial charge in [-0.05, 0) is 49.9 Å². The second-order valence-electron chi connectivity index (χ2n) is 4.03. The maximum atomic E-state index is 11.3. The lowest BCUT2D eigenvalue weighted by molar-refractivity contribution is 0.101. The molecule has 0 atom stereocenters. The normalized spacial score (nSPS) is 10.3. The van der Waals surface area contributed by atoms with E-state index >= 15 is 0 Å². The van der Waals surface area contributed by atoms with Crippen LogP contribution in [0.15, 0.2) is 18.2 Å². The van der Waals surface area contributed by atoms with E-state index in [0.29, 0.717) is 0 Å². The lowest BCUT2D eigenvalue weighted by atomic mass is 10.0. The third-order valence-corrected chi connectivity index (χ3v) is 2.73. The highest BCUT2D eigenvalue weighted by Gasteiger charge is 2.06. The van der Waals surface area contributed by atoms with Crippen molar-refractivity contribution in [2.24, 2.45) is 0 Å². The Hall–Kier alpha value is -1.35. The summed E-state index contributed by atoms with van der Waals surface area (Å²) in [6.45, 7) is 2.35. The molecule has 1 aromatic carbocycles. The highest BCUT2D eigenvalue weighted by atomic mass is 16.5. The van der Waals surface area contributed by atoms with Gasteiger partial charge >= 0.3 is 0 Å². The molecular weight excluding hydrogens is 216 g/mol. The van der Waals surface area contributed by atoms with E-state index in [0.717, 1.165) is 42.7 Å². The first-order valence-electron chi connectivity index (χ1n) is 5.86. The number of rotatable bonds is 7. The molecule has 0 radical (unpaired) electrons. The molecule has 0 aromatic heterocycles. The Morgan fingerprint density at radius 1 is 1.24 bits per heavy atom. The van der Waals surface area contributed by atoms with Gasteiger partial charge in [0.15, 0.2) is 5.78 Å². The van der Waals surface area contributed by atoms with Gasteiger partial charge in [0.1, 0.15) is 5.75 Å². The molecule has 3 nitrogen and oxygen atoms in total. The topological polar surface area (TPSA) is 35.5 Å². The SMILES string of the molecule is COCCCCc1cc(C(C)=O)ccc1OC. The largest absolute Gasteiger partial charge is 0.496 e. The third kappa shape index (κ3) is 4.19. The predicted octanol–water partition coefficient (Wildman–Crippen LogP) is 2.87. The molecule has 0 bridgehead atoms. The van der Waals surface area contributed by atoms with Crippen LogP contribution in [0.3, 0.4) is 0 Å². The van der Waals surface area contributed by atoms with Gasteiger partial charge in [-0.2, -0.15) is 0 Å². The van der Waals surface area contributed by atoms with Crippen LogP contribution < -0.4 is 4.74 Å². The van der Waals surface area contributed by atoms with Crippen molar-refractivity contribution in [3.63, 3.8) is 0 Å². The summed E-state index contributed by atoms with van der Waals surface area (Å²) in [5, 5.41) is 0. The van der Waals surface area contributed by atoms with Gasteiger partial charge in [0.2, 0.25) is 0 Å². The Labute approximate surface area is 103 Å². The van der Waals surface area contributed by atoms with Crippen molar-refractivity contribution in [2.45, 2.75) is 26.2 Å². The minimum Gasteiger partial charge on any atom is -0.496 e. The third-order valence-electron chi connectivity index (χ3n) is 2.73. The minimum absolute atomic E-state index is 0.0887. The molecule has 0 saturated heterocycles. The number of ether oxygens (including phenoxy) is 2. The minimum atomic E-state index is 0.0887. The summed E-state index contributed by atoms with van der Waals surface area (Å²) in [6.07, 6.45) is 2.96. The molecule has 0 heterocycles. The Kier molecular flexibility index (Phi) is 5.70. The average Bonchev–Trinajstić information content (AvgIpc) is 2.34. The molecule has 0 saturated carbocycles. The fourth-order valence-electron chi connectivity index (χ4n) is 1.75. The van der Waals surface area contributed by atoms with Crippen molar-refractivity contribution in [3.05, 3.63) is 29.3 Å². The van der Waals surface area contributed by atoms with Gasteiger partial charge in [0.25, 0.3) is 0 Å². The monoisotopic (exact) mass is 236 g/mol. The van der Waals surface area contributed by atoms with Crippen LogP contribution in [0, 0.1) is 0 Å². The summed E-state index contributed by atoms with van der Waals surface area (Å²) in [7, 11) is 3.36. The summed E-state index contributed by atoms with van der Waals surface area (Å²) < 4.78 is 10.3. The summed E-state index contributed by atoms with van der Waals surface area (Å²) >= 11 is 0. The zero-order valence-corrected chi connectivity index (χ0v) is 10.8. The molecule has 0 aliphatic heterocycles. The number of Topliss-reactive ketones (excluding diaryl/α,β-unsaturated/α-hetero) is 1. The summed E-state index contributed by atoms with van der Waals surface area (Å²) in [5.74, 6) is 0.943. The molecule has 0 N–H and O–H groups in total. The number of hydrogen-bond donors (Lipinski definition) is 0. The van der Waals surface area contributed by atoms with Crippen molar-refractivity contribution in [1.82, 2.24) is 0 Å². The van der Waals surface area contributed by atoms with Gasteiger partial charge in [-0.25, -0.2) is 0 Å². The van der Waals surface area contributed by atoms with Crippen molar-refractivity contribution in [2.75, 3.05) is 20.8 Å². The molecule has 0 amide bonds. The Morgan fingerprint density at radius 2 is 2.00 bits per heavy atom. The molecule has 0 aliphatic rings. The van der Waals surface area contributed by atoms with Crippen LogP contribution in [0.4, 0.5) is 0 Å². The lowest BCUT2D eigenvalue weighted by Gasteiger charge is -2.09. The maximum Gasteiger partial charge on any atom is 0.159 e. The number of carbonyl (C=O) groups is 1. The standard InChI is InChI=1S/C14H20O3/c1-11(15)12-7-8-14(17-3)13(10-12)6-4-5-9-16-2/h7-8,10H,4-6,9H2,1-3H3. The van der Waals surface area contributed by atoms with Gasteiger partial charge in [0.05, 0.1) is 7.11 Å². The highest BCUT2D eigenvalue weighted by Crippen LogP contribution is 2.22. The molecule has 17 heavy (non-hydrogen) atoms. The van der Waals surface area contributed by atoms with Crippen LogP contribution >= 0.6 is 0 Å². The van der Waals surface area contributed by atoms with Crippen molar-refractivity contribution >= 4 is 5.78 Å². The average molecular weight is 236 g/mol. The summed E-state index contributed by atoms with van der Waals surface area (Å²) in [4.78, 5) is 11.3. The number of benzene rings is 1. The van der Waals surface area contributed by atoms with Crippen molar-refractivity contribution in [3.8, 4) is 5.75 Å². The van der Waals surface area contributed by atoms with Crippen LogP contribution in [0.25, 0.3) is 0 Å². The van der Waals surface area contributed by atoms with Gasteiger partial charge in [-0.1, -0.05) is 0 Å². The van der Waals surface area contributed by atoms with Crippen LogP contribution in [0.5, 0.6) is 5.75 Å². The molecule has 1 aromatic rings. The zero-order valence-electron chi connectivity index (χ0n) is 10.8. The molecule has 0 spiro atoms. The van der Waals surface area contributed by atoms with Gasteiger partial charge in [-0.15, -0.1) is 0 Å². The molecule has 0 unspecified atom stereocenters. The van der Waals surface area contributed by atoms with Crippen LogP contribution in [-0.4, -0.2) is 26.6 Å².